The fraction of sp³-hybridized carbons (Fsp3) is 0.545. The average molecular weight is 284 g/mol. The third-order valence-corrected chi connectivity index (χ3v) is 2.57. The highest BCUT2D eigenvalue weighted by atomic mass is 35.5. The van der Waals surface area contributed by atoms with Crippen LogP contribution in [0.1, 0.15) is 30.7 Å². The molecule has 0 aliphatic carbocycles. The summed E-state index contributed by atoms with van der Waals surface area (Å²) in [6.07, 6.45) is -5.28. The third-order valence-electron chi connectivity index (χ3n) is 2.27. The van der Waals surface area contributed by atoms with Crippen LogP contribution in [0.3, 0.4) is 0 Å². The highest BCUT2D eigenvalue weighted by Gasteiger charge is 2.33. The lowest BCUT2D eigenvalue weighted by atomic mass is 10.1. The van der Waals surface area contributed by atoms with Crippen LogP contribution in [-0.4, -0.2) is 23.3 Å². The van der Waals surface area contributed by atoms with E-state index < -0.39 is 18.0 Å². The lowest BCUT2D eigenvalue weighted by Gasteiger charge is -2.13. The Morgan fingerprint density at radius 3 is 2.61 bits per heavy atom. The number of nitrogens with zero attached hydrogens (tertiary/aromatic N) is 1. The molecule has 1 aromatic heterocycles. The summed E-state index contributed by atoms with van der Waals surface area (Å²) in [5.41, 5.74) is -0.905. The Labute approximate surface area is 108 Å². The van der Waals surface area contributed by atoms with Crippen molar-refractivity contribution in [2.45, 2.75) is 25.6 Å². The van der Waals surface area contributed by atoms with E-state index in [0.29, 0.717) is 13.2 Å². The van der Waals surface area contributed by atoms with Gasteiger partial charge in [0.15, 0.2) is 0 Å². The zero-order valence-electron chi connectivity index (χ0n) is 9.67. The van der Waals surface area contributed by atoms with Gasteiger partial charge in [-0.25, -0.2) is 4.98 Å². The summed E-state index contributed by atoms with van der Waals surface area (Å²) in [6.45, 7) is 2.61. The van der Waals surface area contributed by atoms with Crippen LogP contribution in [0.25, 0.3) is 0 Å². The van der Waals surface area contributed by atoms with Gasteiger partial charge in [0.05, 0.1) is 6.10 Å². The molecular weight excluding hydrogens is 271 g/mol. The molecule has 102 valence electrons. The van der Waals surface area contributed by atoms with Gasteiger partial charge in [0, 0.05) is 25.2 Å². The second-order valence-electron chi connectivity index (χ2n) is 3.58. The number of alkyl halides is 3. The first-order chi connectivity index (χ1) is 8.36. The number of aliphatic hydroxyl groups excluding tert-OH is 1. The minimum absolute atomic E-state index is 0.171. The van der Waals surface area contributed by atoms with Crippen LogP contribution in [0.15, 0.2) is 12.1 Å². The predicted molar refractivity (Wildman–Crippen MR) is 60.3 cm³/mol. The molecule has 0 amide bonds. The fourth-order valence-corrected chi connectivity index (χ4v) is 1.63. The van der Waals surface area contributed by atoms with Gasteiger partial charge in [0.25, 0.3) is 0 Å². The Hall–Kier alpha value is -0.850. The fourth-order valence-electron chi connectivity index (χ4n) is 1.35. The van der Waals surface area contributed by atoms with Gasteiger partial charge in [-0.15, -0.1) is 0 Å². The standard InChI is InChI=1S/C11H13ClF3NO2/c1-2-18-6-5-8(17)7-3-4-9(11(13,14)15)16-10(7)12/h3-4,8,17H,2,5-6H2,1H3. The van der Waals surface area contributed by atoms with Crippen LogP contribution in [0, 0.1) is 0 Å². The molecule has 0 aliphatic rings. The maximum absolute atomic E-state index is 12.3. The number of aromatic nitrogens is 1. The largest absolute Gasteiger partial charge is 0.433 e. The van der Waals surface area contributed by atoms with Crippen molar-refractivity contribution in [1.29, 1.82) is 0 Å². The van der Waals surface area contributed by atoms with Crippen LogP contribution in [-0.2, 0) is 10.9 Å². The Kier molecular flexibility index (Phi) is 5.37. The number of aliphatic hydroxyl groups is 1. The number of pyridine rings is 1. The van der Waals surface area contributed by atoms with E-state index in [2.05, 4.69) is 4.98 Å². The quantitative estimate of drug-likeness (QED) is 0.666. The Morgan fingerprint density at radius 1 is 1.44 bits per heavy atom. The zero-order valence-corrected chi connectivity index (χ0v) is 10.4. The number of rotatable bonds is 5. The van der Waals surface area contributed by atoms with Crippen molar-refractivity contribution in [1.82, 2.24) is 4.98 Å². The van der Waals surface area contributed by atoms with Crippen molar-refractivity contribution in [2.75, 3.05) is 13.2 Å². The summed E-state index contributed by atoms with van der Waals surface area (Å²) < 4.78 is 42.1. The molecule has 0 bridgehead atoms. The van der Waals surface area contributed by atoms with Crippen LogP contribution >= 0.6 is 11.6 Å². The molecule has 0 aromatic carbocycles. The number of hydrogen-bond acceptors (Lipinski definition) is 3. The summed E-state index contributed by atoms with van der Waals surface area (Å²) in [6, 6.07) is 1.93. The summed E-state index contributed by atoms with van der Waals surface area (Å²) >= 11 is 5.63. The Balaban J connectivity index is 2.79. The first-order valence-corrected chi connectivity index (χ1v) is 5.73. The highest BCUT2D eigenvalue weighted by molar-refractivity contribution is 6.30. The van der Waals surface area contributed by atoms with Gasteiger partial charge in [-0.1, -0.05) is 17.7 Å². The molecule has 0 spiro atoms. The van der Waals surface area contributed by atoms with Crippen LogP contribution in [0.5, 0.6) is 0 Å². The molecule has 0 radical (unpaired) electrons. The Morgan fingerprint density at radius 2 is 2.11 bits per heavy atom. The van der Waals surface area contributed by atoms with Gasteiger partial charge in [-0.05, 0) is 13.0 Å². The normalized spacial score (nSPS) is 13.7. The van der Waals surface area contributed by atoms with E-state index in [4.69, 9.17) is 16.3 Å². The first kappa shape index (κ1) is 15.2. The third kappa shape index (κ3) is 4.12. The Bertz CT molecular complexity index is 398. The predicted octanol–water partition coefficient (Wildman–Crippen LogP) is 3.21. The molecule has 1 aromatic rings. The SMILES string of the molecule is CCOCCC(O)c1ccc(C(F)(F)F)nc1Cl. The first-order valence-electron chi connectivity index (χ1n) is 5.35. The molecule has 18 heavy (non-hydrogen) atoms. The van der Waals surface area contributed by atoms with Crippen molar-refractivity contribution >= 4 is 11.6 Å². The van der Waals surface area contributed by atoms with Gasteiger partial charge in [0.2, 0.25) is 0 Å². The van der Waals surface area contributed by atoms with E-state index in [-0.39, 0.29) is 17.1 Å². The molecule has 0 fully saturated rings. The molecule has 1 unspecified atom stereocenters. The van der Waals surface area contributed by atoms with Crippen molar-refractivity contribution in [3.8, 4) is 0 Å². The van der Waals surface area contributed by atoms with Gasteiger partial charge >= 0.3 is 6.18 Å². The van der Waals surface area contributed by atoms with E-state index in [1.807, 2.05) is 0 Å². The van der Waals surface area contributed by atoms with E-state index >= 15 is 0 Å². The molecule has 0 aliphatic heterocycles. The number of hydrogen-bond donors (Lipinski definition) is 1. The maximum Gasteiger partial charge on any atom is 0.433 e. The summed E-state index contributed by atoms with van der Waals surface area (Å²) in [7, 11) is 0. The van der Waals surface area contributed by atoms with E-state index in [9.17, 15) is 18.3 Å². The summed E-state index contributed by atoms with van der Waals surface area (Å²) in [5, 5.41) is 9.40. The van der Waals surface area contributed by atoms with Gasteiger partial charge in [-0.2, -0.15) is 13.2 Å². The van der Waals surface area contributed by atoms with Gasteiger partial charge < -0.3 is 9.84 Å². The van der Waals surface area contributed by atoms with E-state index in [1.54, 1.807) is 6.92 Å². The molecule has 1 rings (SSSR count). The topological polar surface area (TPSA) is 42.4 Å². The van der Waals surface area contributed by atoms with Crippen molar-refractivity contribution < 1.29 is 23.0 Å². The minimum Gasteiger partial charge on any atom is -0.388 e. The second kappa shape index (κ2) is 6.36. The number of ether oxygens (including phenoxy) is 1. The monoisotopic (exact) mass is 283 g/mol. The van der Waals surface area contributed by atoms with Crippen molar-refractivity contribution in [3.05, 3.63) is 28.5 Å². The molecule has 1 atom stereocenters. The molecule has 1 N–H and O–H groups in total. The maximum atomic E-state index is 12.3. The van der Waals surface area contributed by atoms with Crippen molar-refractivity contribution in [3.63, 3.8) is 0 Å². The lowest BCUT2D eigenvalue weighted by Crippen LogP contribution is -2.10. The average Bonchev–Trinajstić information content (AvgIpc) is 2.27. The van der Waals surface area contributed by atoms with Crippen LogP contribution in [0.4, 0.5) is 13.2 Å². The second-order valence-corrected chi connectivity index (χ2v) is 3.93. The zero-order chi connectivity index (χ0) is 13.8. The molecular formula is C11H13ClF3NO2. The smallest absolute Gasteiger partial charge is 0.388 e. The van der Waals surface area contributed by atoms with Crippen molar-refractivity contribution in [2.24, 2.45) is 0 Å². The van der Waals surface area contributed by atoms with Crippen LogP contribution < -0.4 is 0 Å². The number of halogens is 4. The summed E-state index contributed by atoms with van der Waals surface area (Å²) in [5.74, 6) is 0. The van der Waals surface area contributed by atoms with E-state index in [0.717, 1.165) is 12.1 Å². The van der Waals surface area contributed by atoms with Gasteiger partial charge in [0.1, 0.15) is 10.8 Å². The minimum atomic E-state index is -4.54. The summed E-state index contributed by atoms with van der Waals surface area (Å²) in [4.78, 5) is 3.23. The van der Waals surface area contributed by atoms with E-state index in [1.165, 1.54) is 0 Å². The lowest BCUT2D eigenvalue weighted by molar-refractivity contribution is -0.141. The molecule has 0 saturated carbocycles. The van der Waals surface area contributed by atoms with Crippen LogP contribution in [0.2, 0.25) is 5.15 Å². The van der Waals surface area contributed by atoms with Gasteiger partial charge in [-0.3, -0.25) is 0 Å². The molecule has 3 nitrogen and oxygen atoms in total. The molecule has 0 saturated heterocycles. The molecule has 7 heteroatoms. The highest BCUT2D eigenvalue weighted by Crippen LogP contribution is 2.31. The molecule has 1 heterocycles.